The van der Waals surface area contributed by atoms with Crippen LogP contribution in [0.25, 0.3) is 21.8 Å². The Morgan fingerprint density at radius 1 is 1.08 bits per heavy atom. The summed E-state index contributed by atoms with van der Waals surface area (Å²) < 4.78 is 26.1. The van der Waals surface area contributed by atoms with Crippen LogP contribution < -0.4 is 10.1 Å². The first-order chi connectivity index (χ1) is 18.1. The average Bonchev–Trinajstić information content (AvgIpc) is 3.28. The van der Waals surface area contributed by atoms with Gasteiger partial charge in [-0.2, -0.15) is 5.10 Å². The number of hydrogen-bond acceptors (Lipinski definition) is 7. The molecule has 0 fully saturated rings. The fourth-order valence-electron chi connectivity index (χ4n) is 4.10. The van der Waals surface area contributed by atoms with Crippen molar-refractivity contribution in [1.29, 1.82) is 0 Å². The van der Waals surface area contributed by atoms with E-state index in [9.17, 15) is 9.18 Å². The predicted octanol–water partition coefficient (Wildman–Crippen LogP) is 5.63. The van der Waals surface area contributed by atoms with Crippen molar-refractivity contribution < 1.29 is 18.7 Å². The second-order valence-corrected chi connectivity index (χ2v) is 8.49. The first-order valence-electron chi connectivity index (χ1n) is 12.1. The highest BCUT2D eigenvalue weighted by Gasteiger charge is 2.09. The van der Waals surface area contributed by atoms with Gasteiger partial charge in [0.05, 0.1) is 37.0 Å². The minimum atomic E-state index is -0.259. The molecule has 0 saturated carbocycles. The quantitative estimate of drug-likeness (QED) is 0.197. The molecule has 0 spiro atoms. The Hall–Kier alpha value is -4.53. The van der Waals surface area contributed by atoms with Gasteiger partial charge in [-0.15, -0.1) is 0 Å². The number of anilines is 2. The van der Waals surface area contributed by atoms with E-state index in [0.29, 0.717) is 44.2 Å². The van der Waals surface area contributed by atoms with Crippen LogP contribution in [0.2, 0.25) is 0 Å². The SMILES string of the molecule is CCOC(=O)CCCOc1ccc2c(Nc3ccc4c(cnn4Cc4cccc(F)c4)c3)ncnc2c1. The molecule has 0 aliphatic carbocycles. The van der Waals surface area contributed by atoms with E-state index in [1.807, 2.05) is 47.1 Å². The lowest BCUT2D eigenvalue weighted by Gasteiger charge is -2.11. The predicted molar refractivity (Wildman–Crippen MR) is 139 cm³/mol. The molecule has 8 nitrogen and oxygen atoms in total. The number of aromatic nitrogens is 4. The molecular formula is C28H26FN5O3. The second kappa shape index (κ2) is 11.0. The van der Waals surface area contributed by atoms with Gasteiger partial charge < -0.3 is 14.8 Å². The Morgan fingerprint density at radius 2 is 2.00 bits per heavy atom. The van der Waals surface area contributed by atoms with Crippen LogP contribution in [0.15, 0.2) is 73.2 Å². The minimum absolute atomic E-state index is 0.217. The normalized spacial score (nSPS) is 11.1. The number of nitrogens with one attached hydrogen (secondary N) is 1. The maximum Gasteiger partial charge on any atom is 0.305 e. The molecule has 0 bridgehead atoms. The third-order valence-electron chi connectivity index (χ3n) is 5.83. The summed E-state index contributed by atoms with van der Waals surface area (Å²) in [5, 5.41) is 9.66. The molecule has 0 saturated heterocycles. The molecule has 0 unspecified atom stereocenters. The largest absolute Gasteiger partial charge is 0.494 e. The Bertz CT molecular complexity index is 1550. The van der Waals surface area contributed by atoms with Crippen molar-refractivity contribution in [3.8, 4) is 5.75 Å². The third kappa shape index (κ3) is 5.83. The molecule has 2 heterocycles. The topological polar surface area (TPSA) is 91.2 Å². The molecule has 0 amide bonds. The van der Waals surface area contributed by atoms with E-state index in [-0.39, 0.29) is 11.8 Å². The Labute approximate surface area is 213 Å². The summed E-state index contributed by atoms with van der Waals surface area (Å²) in [5.74, 6) is 0.869. The fourth-order valence-corrected chi connectivity index (χ4v) is 4.10. The van der Waals surface area contributed by atoms with Gasteiger partial charge in [-0.1, -0.05) is 12.1 Å². The summed E-state index contributed by atoms with van der Waals surface area (Å²) in [6.45, 7) is 3.07. The third-order valence-corrected chi connectivity index (χ3v) is 5.83. The summed E-state index contributed by atoms with van der Waals surface area (Å²) in [4.78, 5) is 20.3. The Kier molecular flexibility index (Phi) is 7.21. The van der Waals surface area contributed by atoms with Crippen LogP contribution in [0, 0.1) is 5.82 Å². The number of carbonyl (C=O) groups is 1. The molecule has 0 radical (unpaired) electrons. The van der Waals surface area contributed by atoms with E-state index in [1.54, 1.807) is 19.2 Å². The summed E-state index contributed by atoms with van der Waals surface area (Å²) in [6, 6.07) is 18.1. The van der Waals surface area contributed by atoms with Gasteiger partial charge >= 0.3 is 5.97 Å². The lowest BCUT2D eigenvalue weighted by molar-refractivity contribution is -0.143. The van der Waals surface area contributed by atoms with Gasteiger partial charge in [-0.25, -0.2) is 14.4 Å². The van der Waals surface area contributed by atoms with Gasteiger partial charge in [-0.05, 0) is 61.4 Å². The summed E-state index contributed by atoms with van der Waals surface area (Å²) >= 11 is 0. The molecule has 0 aliphatic rings. The lowest BCUT2D eigenvalue weighted by Crippen LogP contribution is -2.06. The van der Waals surface area contributed by atoms with E-state index in [0.717, 1.165) is 33.1 Å². The Morgan fingerprint density at radius 3 is 2.86 bits per heavy atom. The van der Waals surface area contributed by atoms with Crippen LogP contribution in [-0.4, -0.2) is 38.9 Å². The molecule has 37 heavy (non-hydrogen) atoms. The standard InChI is InChI=1S/C28H26FN5O3/c1-2-36-27(35)7-4-12-37-23-9-10-24-25(15-23)30-18-31-28(24)33-22-8-11-26-20(14-22)16-32-34(26)17-19-5-3-6-21(29)13-19/h3,5-6,8-11,13-16,18H,2,4,7,12,17H2,1H3,(H,30,31,33). The first-order valence-corrected chi connectivity index (χ1v) is 12.1. The van der Waals surface area contributed by atoms with Crippen molar-refractivity contribution in [3.05, 3.63) is 84.6 Å². The highest BCUT2D eigenvalue weighted by molar-refractivity contribution is 5.92. The zero-order valence-electron chi connectivity index (χ0n) is 20.4. The molecule has 0 aliphatic heterocycles. The fraction of sp³-hybridized carbons (Fsp3) is 0.214. The number of hydrogen-bond donors (Lipinski definition) is 1. The van der Waals surface area contributed by atoms with Crippen LogP contribution in [0.3, 0.4) is 0 Å². The molecule has 1 N–H and O–H groups in total. The van der Waals surface area contributed by atoms with Crippen molar-refractivity contribution >= 4 is 39.3 Å². The van der Waals surface area contributed by atoms with E-state index in [1.165, 1.54) is 18.5 Å². The first kappa shape index (κ1) is 24.2. The van der Waals surface area contributed by atoms with Crippen molar-refractivity contribution in [2.75, 3.05) is 18.5 Å². The van der Waals surface area contributed by atoms with Gasteiger partial charge in [0.1, 0.15) is 23.7 Å². The van der Waals surface area contributed by atoms with Crippen LogP contribution in [-0.2, 0) is 16.1 Å². The number of benzene rings is 3. The van der Waals surface area contributed by atoms with Gasteiger partial charge in [0.15, 0.2) is 0 Å². The molecule has 0 atom stereocenters. The van der Waals surface area contributed by atoms with Gasteiger partial charge in [0.25, 0.3) is 0 Å². The van der Waals surface area contributed by atoms with Crippen molar-refractivity contribution in [3.63, 3.8) is 0 Å². The van der Waals surface area contributed by atoms with Crippen molar-refractivity contribution in [1.82, 2.24) is 19.7 Å². The van der Waals surface area contributed by atoms with E-state index < -0.39 is 0 Å². The molecule has 9 heteroatoms. The smallest absolute Gasteiger partial charge is 0.305 e. The van der Waals surface area contributed by atoms with E-state index >= 15 is 0 Å². The average molecular weight is 500 g/mol. The molecule has 188 valence electrons. The number of esters is 1. The van der Waals surface area contributed by atoms with Crippen LogP contribution in [0.4, 0.5) is 15.9 Å². The molecular weight excluding hydrogens is 473 g/mol. The minimum Gasteiger partial charge on any atom is -0.494 e. The molecule has 5 aromatic rings. The number of rotatable bonds is 10. The maximum atomic E-state index is 13.6. The maximum absolute atomic E-state index is 13.6. The van der Waals surface area contributed by atoms with E-state index in [4.69, 9.17) is 9.47 Å². The van der Waals surface area contributed by atoms with Gasteiger partial charge in [0, 0.05) is 28.9 Å². The van der Waals surface area contributed by atoms with Crippen LogP contribution >= 0.6 is 0 Å². The highest BCUT2D eigenvalue weighted by atomic mass is 19.1. The van der Waals surface area contributed by atoms with Gasteiger partial charge in [-0.3, -0.25) is 9.48 Å². The number of ether oxygens (including phenoxy) is 2. The highest BCUT2D eigenvalue weighted by Crippen LogP contribution is 2.28. The van der Waals surface area contributed by atoms with Crippen molar-refractivity contribution in [2.45, 2.75) is 26.3 Å². The summed E-state index contributed by atoms with van der Waals surface area (Å²) in [6.07, 6.45) is 4.20. The van der Waals surface area contributed by atoms with Crippen LogP contribution in [0.5, 0.6) is 5.75 Å². The molecule has 5 rings (SSSR count). The number of halogens is 1. The monoisotopic (exact) mass is 499 g/mol. The molecule has 3 aromatic carbocycles. The molecule has 2 aromatic heterocycles. The van der Waals surface area contributed by atoms with Gasteiger partial charge in [0.2, 0.25) is 0 Å². The zero-order chi connectivity index (χ0) is 25.6. The zero-order valence-corrected chi connectivity index (χ0v) is 20.4. The van der Waals surface area contributed by atoms with Crippen molar-refractivity contribution in [2.24, 2.45) is 0 Å². The van der Waals surface area contributed by atoms with E-state index in [2.05, 4.69) is 20.4 Å². The summed E-state index contributed by atoms with van der Waals surface area (Å²) in [5.41, 5.74) is 3.40. The number of fused-ring (bicyclic) bond motifs is 2. The lowest BCUT2D eigenvalue weighted by atomic mass is 10.2. The summed E-state index contributed by atoms with van der Waals surface area (Å²) in [7, 11) is 0. The number of carbonyl (C=O) groups excluding carboxylic acids is 1. The Balaban J connectivity index is 1.28. The second-order valence-electron chi connectivity index (χ2n) is 8.49. The van der Waals surface area contributed by atoms with Crippen LogP contribution in [0.1, 0.15) is 25.3 Å². The number of nitrogens with zero attached hydrogens (tertiary/aromatic N) is 4.